The predicted octanol–water partition coefficient (Wildman–Crippen LogP) is 2.43. The molecule has 3 rings (SSSR count). The van der Waals surface area contributed by atoms with E-state index in [4.69, 9.17) is 0 Å². The fraction of sp³-hybridized carbons (Fsp3) is 0.389. The monoisotopic (exact) mass is 310 g/mol. The van der Waals surface area contributed by atoms with E-state index in [2.05, 4.69) is 20.2 Å². The standard InChI is InChI=1S/C18H22N4O/c1-14-2-4-16(5-3-14)18(23)21-12-15-6-10-22(11-7-15)17-13-19-8-9-20-17/h2-5,8-9,13,15H,6-7,10-12H2,1H3,(H,21,23). The highest BCUT2D eigenvalue weighted by Gasteiger charge is 2.20. The van der Waals surface area contributed by atoms with Gasteiger partial charge in [0.25, 0.3) is 5.91 Å². The molecule has 1 aliphatic rings. The molecule has 0 unspecified atom stereocenters. The van der Waals surface area contributed by atoms with Crippen molar-refractivity contribution in [3.05, 3.63) is 54.0 Å². The number of carbonyl (C=O) groups excluding carboxylic acids is 1. The van der Waals surface area contributed by atoms with Crippen LogP contribution in [0.4, 0.5) is 5.82 Å². The van der Waals surface area contributed by atoms with E-state index in [1.165, 1.54) is 0 Å². The van der Waals surface area contributed by atoms with Gasteiger partial charge in [-0.25, -0.2) is 4.98 Å². The van der Waals surface area contributed by atoms with Crippen molar-refractivity contribution in [2.45, 2.75) is 19.8 Å². The first-order valence-electron chi connectivity index (χ1n) is 8.08. The zero-order valence-corrected chi connectivity index (χ0v) is 13.4. The molecule has 1 fully saturated rings. The number of carbonyl (C=O) groups is 1. The van der Waals surface area contributed by atoms with E-state index >= 15 is 0 Å². The number of hydrogen-bond acceptors (Lipinski definition) is 4. The summed E-state index contributed by atoms with van der Waals surface area (Å²) in [5, 5.41) is 3.06. The van der Waals surface area contributed by atoms with E-state index in [0.717, 1.165) is 49.4 Å². The van der Waals surface area contributed by atoms with Crippen molar-refractivity contribution >= 4 is 11.7 Å². The van der Waals surface area contributed by atoms with Crippen molar-refractivity contribution in [3.63, 3.8) is 0 Å². The number of nitrogens with one attached hydrogen (secondary N) is 1. The largest absolute Gasteiger partial charge is 0.355 e. The summed E-state index contributed by atoms with van der Waals surface area (Å²) in [6.07, 6.45) is 7.34. The van der Waals surface area contributed by atoms with Crippen LogP contribution in [-0.4, -0.2) is 35.5 Å². The van der Waals surface area contributed by atoms with Crippen LogP contribution in [0.2, 0.25) is 0 Å². The maximum atomic E-state index is 12.1. The molecule has 5 nitrogen and oxygen atoms in total. The first kappa shape index (κ1) is 15.5. The molecule has 0 saturated carbocycles. The molecular formula is C18H22N4O. The van der Waals surface area contributed by atoms with Crippen molar-refractivity contribution < 1.29 is 4.79 Å². The maximum absolute atomic E-state index is 12.1. The Labute approximate surface area is 136 Å². The van der Waals surface area contributed by atoms with Gasteiger partial charge in [-0.05, 0) is 37.8 Å². The molecule has 120 valence electrons. The average molecular weight is 310 g/mol. The molecule has 0 bridgehead atoms. The van der Waals surface area contributed by atoms with Crippen LogP contribution in [0, 0.1) is 12.8 Å². The lowest BCUT2D eigenvalue weighted by atomic mass is 9.96. The fourth-order valence-electron chi connectivity index (χ4n) is 2.86. The molecule has 1 saturated heterocycles. The molecular weight excluding hydrogens is 288 g/mol. The van der Waals surface area contributed by atoms with Gasteiger partial charge in [-0.2, -0.15) is 0 Å². The minimum atomic E-state index is 0.0151. The lowest BCUT2D eigenvalue weighted by Crippen LogP contribution is -2.39. The first-order valence-corrected chi connectivity index (χ1v) is 8.08. The molecule has 1 aromatic heterocycles. The van der Waals surface area contributed by atoms with Gasteiger partial charge < -0.3 is 10.2 Å². The highest BCUT2D eigenvalue weighted by Crippen LogP contribution is 2.20. The second kappa shape index (κ2) is 7.22. The number of benzene rings is 1. The highest BCUT2D eigenvalue weighted by atomic mass is 16.1. The van der Waals surface area contributed by atoms with Gasteiger partial charge in [0.1, 0.15) is 5.82 Å². The molecule has 1 aromatic carbocycles. The number of amides is 1. The summed E-state index contributed by atoms with van der Waals surface area (Å²) in [6, 6.07) is 7.69. The molecule has 1 N–H and O–H groups in total. The molecule has 0 radical (unpaired) electrons. The summed E-state index contributed by atoms with van der Waals surface area (Å²) in [7, 11) is 0. The summed E-state index contributed by atoms with van der Waals surface area (Å²) in [6.45, 7) is 4.68. The summed E-state index contributed by atoms with van der Waals surface area (Å²) >= 11 is 0. The Balaban J connectivity index is 1.46. The summed E-state index contributed by atoms with van der Waals surface area (Å²) in [5.74, 6) is 1.48. The van der Waals surface area contributed by atoms with Crippen LogP contribution in [0.15, 0.2) is 42.9 Å². The zero-order valence-electron chi connectivity index (χ0n) is 13.4. The Morgan fingerprint density at radius 3 is 2.61 bits per heavy atom. The van der Waals surface area contributed by atoms with Gasteiger partial charge in [-0.3, -0.25) is 9.78 Å². The van der Waals surface area contributed by atoms with Gasteiger partial charge >= 0.3 is 0 Å². The van der Waals surface area contributed by atoms with Crippen LogP contribution in [0.3, 0.4) is 0 Å². The van der Waals surface area contributed by atoms with Crippen molar-refractivity contribution in [2.24, 2.45) is 5.92 Å². The summed E-state index contributed by atoms with van der Waals surface area (Å²) in [4.78, 5) is 22.9. The topological polar surface area (TPSA) is 58.1 Å². The molecule has 0 atom stereocenters. The second-order valence-corrected chi connectivity index (χ2v) is 6.07. The Morgan fingerprint density at radius 2 is 1.96 bits per heavy atom. The number of nitrogens with zero attached hydrogens (tertiary/aromatic N) is 3. The molecule has 1 aliphatic heterocycles. The minimum Gasteiger partial charge on any atom is -0.355 e. The van der Waals surface area contributed by atoms with Gasteiger partial charge in [0.05, 0.1) is 6.20 Å². The van der Waals surface area contributed by atoms with Crippen LogP contribution in [0.5, 0.6) is 0 Å². The van der Waals surface area contributed by atoms with Crippen LogP contribution in [0.25, 0.3) is 0 Å². The second-order valence-electron chi connectivity index (χ2n) is 6.07. The van der Waals surface area contributed by atoms with Gasteiger partial charge in [0.2, 0.25) is 0 Å². The third-order valence-corrected chi connectivity index (χ3v) is 4.35. The van der Waals surface area contributed by atoms with Crippen molar-refractivity contribution in [1.82, 2.24) is 15.3 Å². The predicted molar refractivity (Wildman–Crippen MR) is 90.5 cm³/mol. The van der Waals surface area contributed by atoms with Crippen LogP contribution >= 0.6 is 0 Å². The minimum absolute atomic E-state index is 0.0151. The normalized spacial score (nSPS) is 15.4. The Hall–Kier alpha value is -2.43. The Morgan fingerprint density at radius 1 is 1.22 bits per heavy atom. The number of aryl methyl sites for hydroxylation is 1. The summed E-state index contributed by atoms with van der Waals surface area (Å²) < 4.78 is 0. The van der Waals surface area contributed by atoms with E-state index < -0.39 is 0 Å². The number of piperidine rings is 1. The molecule has 0 aliphatic carbocycles. The Bertz CT molecular complexity index is 634. The van der Waals surface area contributed by atoms with E-state index in [9.17, 15) is 4.79 Å². The van der Waals surface area contributed by atoms with Gasteiger partial charge in [-0.1, -0.05) is 17.7 Å². The lowest BCUT2D eigenvalue weighted by Gasteiger charge is -2.32. The molecule has 23 heavy (non-hydrogen) atoms. The van der Waals surface area contributed by atoms with E-state index in [1.807, 2.05) is 31.2 Å². The molecule has 1 amide bonds. The van der Waals surface area contributed by atoms with Crippen molar-refractivity contribution in [1.29, 1.82) is 0 Å². The Kier molecular flexibility index (Phi) is 4.86. The van der Waals surface area contributed by atoms with Crippen LogP contribution in [-0.2, 0) is 0 Å². The van der Waals surface area contributed by atoms with Crippen molar-refractivity contribution in [3.8, 4) is 0 Å². The summed E-state index contributed by atoms with van der Waals surface area (Å²) in [5.41, 5.74) is 1.89. The van der Waals surface area contributed by atoms with E-state index in [0.29, 0.717) is 5.92 Å². The molecule has 2 heterocycles. The van der Waals surface area contributed by atoms with Crippen LogP contribution < -0.4 is 10.2 Å². The third-order valence-electron chi connectivity index (χ3n) is 4.35. The highest BCUT2D eigenvalue weighted by molar-refractivity contribution is 5.94. The average Bonchev–Trinajstić information content (AvgIpc) is 2.61. The quantitative estimate of drug-likeness (QED) is 0.942. The number of hydrogen-bond donors (Lipinski definition) is 1. The van der Waals surface area contributed by atoms with Crippen LogP contribution in [0.1, 0.15) is 28.8 Å². The van der Waals surface area contributed by atoms with E-state index in [1.54, 1.807) is 18.6 Å². The number of aromatic nitrogens is 2. The van der Waals surface area contributed by atoms with Crippen molar-refractivity contribution in [2.75, 3.05) is 24.5 Å². The van der Waals surface area contributed by atoms with Gasteiger partial charge in [0.15, 0.2) is 0 Å². The van der Waals surface area contributed by atoms with Gasteiger partial charge in [-0.15, -0.1) is 0 Å². The van der Waals surface area contributed by atoms with Gasteiger partial charge in [0, 0.05) is 37.6 Å². The molecule has 5 heteroatoms. The SMILES string of the molecule is Cc1ccc(C(=O)NCC2CCN(c3cnccn3)CC2)cc1. The van der Waals surface area contributed by atoms with E-state index in [-0.39, 0.29) is 5.91 Å². The number of rotatable bonds is 4. The maximum Gasteiger partial charge on any atom is 0.251 e. The molecule has 2 aromatic rings. The smallest absolute Gasteiger partial charge is 0.251 e. The first-order chi connectivity index (χ1) is 11.2. The third kappa shape index (κ3) is 4.06. The molecule has 0 spiro atoms. The lowest BCUT2D eigenvalue weighted by molar-refractivity contribution is 0.0945. The fourth-order valence-corrected chi connectivity index (χ4v) is 2.86. The zero-order chi connectivity index (χ0) is 16.1. The number of anilines is 1.